The summed E-state index contributed by atoms with van der Waals surface area (Å²) in [6, 6.07) is 94.7. The third kappa shape index (κ3) is 7.30. The van der Waals surface area contributed by atoms with Gasteiger partial charge in [-0.1, -0.05) is 202 Å². The molecule has 0 saturated carbocycles. The van der Waals surface area contributed by atoms with Crippen molar-refractivity contribution in [1.82, 2.24) is 14.5 Å². The number of aliphatic imine (C=N–C) groups is 2. The molecule has 3 heterocycles. The highest BCUT2D eigenvalue weighted by molar-refractivity contribution is 6.17. The number of hydrogen-bond acceptors (Lipinski definition) is 3. The van der Waals surface area contributed by atoms with Gasteiger partial charge in [-0.2, -0.15) is 0 Å². The highest BCUT2D eigenvalue weighted by atomic mass is 15.2. The molecule has 5 nitrogen and oxygen atoms in total. The summed E-state index contributed by atoms with van der Waals surface area (Å²) < 4.78 is 4.82. The van der Waals surface area contributed by atoms with Crippen molar-refractivity contribution in [2.75, 3.05) is 0 Å². The molecule has 1 unspecified atom stereocenters. The van der Waals surface area contributed by atoms with Crippen molar-refractivity contribution < 1.29 is 0 Å². The summed E-state index contributed by atoms with van der Waals surface area (Å²) in [5, 5.41) is 8.58. The van der Waals surface area contributed by atoms with Gasteiger partial charge in [-0.3, -0.25) is 0 Å². The minimum Gasteiger partial charge on any atom is -0.324 e. The smallest absolute Gasteiger partial charge is 0.170 e. The van der Waals surface area contributed by atoms with Crippen LogP contribution >= 0.6 is 0 Å². The Morgan fingerprint density at radius 2 is 0.818 bits per heavy atom. The average Bonchev–Trinajstić information content (AvgIpc) is 4.13. The molecule has 15 rings (SSSR count). The monoisotopic (exact) mass is 985 g/mol. The fourth-order valence-electron chi connectivity index (χ4n) is 12.4. The maximum absolute atomic E-state index is 5.49. The van der Waals surface area contributed by atoms with Crippen LogP contribution < -0.4 is 5.32 Å². The zero-order valence-corrected chi connectivity index (χ0v) is 42.7. The SMILES string of the molecule is CC1(C)c2ccc(-c3ccc4c(c3)c3cc(-c5ccc6c7ccccc7n(-c7ccccc7)c6c5)ccc3n4-c3ccccc3)cc2-c2c(C3N=C(c4ccccc4)NC(c4cccc(-c5ccccc5)c4)=N3)cccc21. The normalized spacial score (nSPS) is 14.6. The fourth-order valence-corrected chi connectivity index (χ4v) is 12.4. The van der Waals surface area contributed by atoms with E-state index in [1.54, 1.807) is 0 Å². The van der Waals surface area contributed by atoms with Gasteiger partial charge < -0.3 is 14.5 Å². The summed E-state index contributed by atoms with van der Waals surface area (Å²) in [7, 11) is 0. The number of nitrogens with zero attached hydrogens (tertiary/aromatic N) is 4. The molecule has 0 bridgehead atoms. The average molecular weight is 986 g/mol. The first-order valence-corrected chi connectivity index (χ1v) is 26.6. The summed E-state index contributed by atoms with van der Waals surface area (Å²) in [5.74, 6) is 1.60. The quantitative estimate of drug-likeness (QED) is 0.162. The predicted octanol–water partition coefficient (Wildman–Crippen LogP) is 17.7. The molecule has 2 aliphatic rings. The predicted molar refractivity (Wildman–Crippen MR) is 321 cm³/mol. The Bertz CT molecular complexity index is 4540. The lowest BCUT2D eigenvalue weighted by Crippen LogP contribution is -2.36. The topological polar surface area (TPSA) is 46.6 Å². The zero-order valence-electron chi connectivity index (χ0n) is 42.7. The molecular formula is C72H51N5. The number of fused-ring (bicyclic) bond motifs is 9. The second kappa shape index (κ2) is 17.6. The molecule has 0 fully saturated rings. The molecule has 13 aromatic rings. The van der Waals surface area contributed by atoms with E-state index < -0.39 is 6.17 Å². The molecule has 0 spiro atoms. The van der Waals surface area contributed by atoms with Crippen molar-refractivity contribution in [3.63, 3.8) is 0 Å². The molecule has 0 saturated heterocycles. The van der Waals surface area contributed by atoms with Gasteiger partial charge in [0.25, 0.3) is 0 Å². The van der Waals surface area contributed by atoms with E-state index in [1.165, 1.54) is 93.7 Å². The lowest BCUT2D eigenvalue weighted by atomic mass is 9.82. The summed E-state index contributed by atoms with van der Waals surface area (Å²) in [4.78, 5) is 10.9. The van der Waals surface area contributed by atoms with Crippen molar-refractivity contribution in [2.24, 2.45) is 9.98 Å². The molecule has 1 aliphatic carbocycles. The van der Waals surface area contributed by atoms with Gasteiger partial charge in [0.05, 0.1) is 22.1 Å². The van der Waals surface area contributed by atoms with E-state index in [0.717, 1.165) is 45.3 Å². The second-order valence-corrected chi connectivity index (χ2v) is 21.0. The second-order valence-electron chi connectivity index (χ2n) is 21.0. The number of amidine groups is 2. The lowest BCUT2D eigenvalue weighted by molar-refractivity contribution is 0.658. The fraction of sp³-hybridized carbons (Fsp3) is 0.0556. The summed E-state index contributed by atoms with van der Waals surface area (Å²) in [6.45, 7) is 4.71. The van der Waals surface area contributed by atoms with Crippen LogP contribution in [0.2, 0.25) is 0 Å². The van der Waals surface area contributed by atoms with Gasteiger partial charge in [0.2, 0.25) is 0 Å². The number of hydrogen-bond donors (Lipinski definition) is 1. The zero-order chi connectivity index (χ0) is 51.2. The Morgan fingerprint density at radius 3 is 1.51 bits per heavy atom. The molecule has 0 amide bonds. The van der Waals surface area contributed by atoms with Crippen molar-refractivity contribution in [3.8, 4) is 55.9 Å². The molecule has 364 valence electrons. The summed E-state index contributed by atoms with van der Waals surface area (Å²) >= 11 is 0. The number of rotatable bonds is 8. The Kier molecular flexibility index (Phi) is 10.2. The van der Waals surface area contributed by atoms with E-state index in [0.29, 0.717) is 0 Å². The van der Waals surface area contributed by atoms with Gasteiger partial charge in [0.15, 0.2) is 6.17 Å². The number of nitrogens with one attached hydrogen (secondary N) is 1. The number of benzene rings is 11. The van der Waals surface area contributed by atoms with E-state index in [4.69, 9.17) is 9.98 Å². The van der Waals surface area contributed by atoms with Crippen LogP contribution in [0.1, 0.15) is 47.8 Å². The standard InChI is InChI=1S/C72H51N5/c1-72(2)62-38-34-49(44-61(62)68-58(30-18-31-63(68)72)71-74-69(47-21-9-4-10-22-47)73-70(75-71)53-24-17-23-48(41-53)46-19-7-3-8-20-46)50-35-39-65-59(42-50)60-43-51(36-40-66(60)76(65)54-25-11-5-12-26-54)52-33-37-57-56-29-15-16-32-64(56)77(67(57)45-52)55-27-13-6-14-28-55/h3-45,71H,1-2H3,(H,73,74,75). The first kappa shape index (κ1) is 44.6. The van der Waals surface area contributed by atoms with Crippen molar-refractivity contribution in [1.29, 1.82) is 0 Å². The maximum atomic E-state index is 5.49. The molecule has 1 aliphatic heterocycles. The number of para-hydroxylation sites is 3. The minimum absolute atomic E-state index is 0.239. The Balaban J connectivity index is 0.872. The van der Waals surface area contributed by atoms with E-state index in [1.807, 2.05) is 6.07 Å². The third-order valence-corrected chi connectivity index (χ3v) is 16.2. The van der Waals surface area contributed by atoms with Crippen molar-refractivity contribution >= 4 is 55.3 Å². The van der Waals surface area contributed by atoms with Gasteiger partial charge in [-0.25, -0.2) is 9.98 Å². The highest BCUT2D eigenvalue weighted by Gasteiger charge is 2.38. The van der Waals surface area contributed by atoms with E-state index >= 15 is 0 Å². The van der Waals surface area contributed by atoms with Gasteiger partial charge >= 0.3 is 0 Å². The molecule has 5 heteroatoms. The minimum atomic E-state index is -0.487. The van der Waals surface area contributed by atoms with Gasteiger partial charge in [0, 0.05) is 55.0 Å². The lowest BCUT2D eigenvalue weighted by Gasteiger charge is -2.25. The first-order chi connectivity index (χ1) is 37.9. The maximum Gasteiger partial charge on any atom is 0.170 e. The van der Waals surface area contributed by atoms with Crippen LogP contribution in [0.25, 0.3) is 99.5 Å². The van der Waals surface area contributed by atoms with Crippen molar-refractivity contribution in [2.45, 2.75) is 25.4 Å². The van der Waals surface area contributed by atoms with Crippen LogP contribution in [0.3, 0.4) is 0 Å². The van der Waals surface area contributed by atoms with Crippen LogP contribution in [-0.4, -0.2) is 20.8 Å². The molecule has 1 atom stereocenters. The summed E-state index contributed by atoms with van der Waals surface area (Å²) in [6.07, 6.45) is -0.487. The van der Waals surface area contributed by atoms with Gasteiger partial charge in [0.1, 0.15) is 11.7 Å². The molecule has 77 heavy (non-hydrogen) atoms. The molecule has 0 radical (unpaired) electrons. The van der Waals surface area contributed by atoms with E-state index in [2.05, 4.69) is 283 Å². The third-order valence-electron chi connectivity index (χ3n) is 16.2. The summed E-state index contributed by atoms with van der Waals surface area (Å²) in [5.41, 5.74) is 21.9. The Morgan fingerprint density at radius 1 is 0.338 bits per heavy atom. The molecular weight excluding hydrogens is 935 g/mol. The highest BCUT2D eigenvalue weighted by Crippen LogP contribution is 2.53. The van der Waals surface area contributed by atoms with Crippen LogP contribution in [-0.2, 0) is 5.41 Å². The largest absolute Gasteiger partial charge is 0.324 e. The van der Waals surface area contributed by atoms with Crippen molar-refractivity contribution in [3.05, 3.63) is 289 Å². The molecule has 11 aromatic carbocycles. The van der Waals surface area contributed by atoms with Gasteiger partial charge in [-0.05, 0) is 128 Å². The van der Waals surface area contributed by atoms with Gasteiger partial charge in [-0.15, -0.1) is 0 Å². The number of aromatic nitrogens is 2. The van der Waals surface area contributed by atoms with Crippen LogP contribution in [0.5, 0.6) is 0 Å². The Labute approximate surface area is 447 Å². The van der Waals surface area contributed by atoms with Crippen LogP contribution in [0.4, 0.5) is 0 Å². The van der Waals surface area contributed by atoms with E-state index in [9.17, 15) is 0 Å². The molecule has 1 N–H and O–H groups in total. The van der Waals surface area contributed by atoms with Crippen LogP contribution in [0.15, 0.2) is 271 Å². The Hall–Kier alpha value is -9.84. The molecule has 2 aromatic heterocycles. The van der Waals surface area contributed by atoms with Crippen LogP contribution in [0, 0.1) is 0 Å². The van der Waals surface area contributed by atoms with E-state index in [-0.39, 0.29) is 5.41 Å². The first-order valence-electron chi connectivity index (χ1n) is 26.6.